The fraction of sp³-hybridized carbons (Fsp3) is 0.600. The van der Waals surface area contributed by atoms with Gasteiger partial charge in [-0.25, -0.2) is 23.1 Å². The van der Waals surface area contributed by atoms with Crippen LogP contribution in [-0.2, 0) is 14.8 Å². The van der Waals surface area contributed by atoms with Crippen molar-refractivity contribution in [1.82, 2.24) is 14.7 Å². The van der Waals surface area contributed by atoms with Crippen molar-refractivity contribution in [2.75, 3.05) is 25.5 Å². The van der Waals surface area contributed by atoms with E-state index in [9.17, 15) is 8.42 Å². The van der Waals surface area contributed by atoms with Gasteiger partial charge in [0.25, 0.3) is 0 Å². The molecule has 0 spiro atoms. The molecule has 8 heteroatoms. The predicted octanol–water partition coefficient (Wildman–Crippen LogP) is -0.236. The van der Waals surface area contributed by atoms with Gasteiger partial charge in [0, 0.05) is 13.2 Å². The maximum atomic E-state index is 11.9. The van der Waals surface area contributed by atoms with Crippen LogP contribution in [0.4, 0.5) is 5.95 Å². The zero-order chi connectivity index (χ0) is 13.0. The molecule has 1 aliphatic heterocycles. The maximum Gasteiger partial charge on any atom is 0.243 e. The molecule has 2 heterocycles. The monoisotopic (exact) mass is 272 g/mol. The van der Waals surface area contributed by atoms with Crippen molar-refractivity contribution >= 4 is 16.0 Å². The zero-order valence-corrected chi connectivity index (χ0v) is 10.7. The number of nitrogen functional groups attached to an aromatic ring is 1. The normalized spacial score (nSPS) is 20.8. The second-order valence-corrected chi connectivity index (χ2v) is 5.98. The first-order valence-electron chi connectivity index (χ1n) is 5.73. The quantitative estimate of drug-likeness (QED) is 0.783. The number of anilines is 1. The minimum Gasteiger partial charge on any atom is -0.381 e. The second-order valence-electron chi connectivity index (χ2n) is 4.21. The molecule has 0 bridgehead atoms. The number of nitrogens with zero attached hydrogens (tertiary/aromatic N) is 2. The summed E-state index contributed by atoms with van der Waals surface area (Å²) in [5.41, 5.74) is 5.31. The van der Waals surface area contributed by atoms with Crippen LogP contribution in [0.2, 0.25) is 0 Å². The summed E-state index contributed by atoms with van der Waals surface area (Å²) >= 11 is 0. The van der Waals surface area contributed by atoms with Gasteiger partial charge in [0.1, 0.15) is 4.90 Å². The molecular formula is C10H16N4O3S. The predicted molar refractivity (Wildman–Crippen MR) is 65.2 cm³/mol. The molecule has 18 heavy (non-hydrogen) atoms. The molecular weight excluding hydrogens is 256 g/mol. The molecule has 100 valence electrons. The number of hydrogen-bond donors (Lipinski definition) is 2. The van der Waals surface area contributed by atoms with E-state index in [1.54, 1.807) is 0 Å². The van der Waals surface area contributed by atoms with Gasteiger partial charge in [-0.2, -0.15) is 0 Å². The van der Waals surface area contributed by atoms with Crippen LogP contribution in [0.1, 0.15) is 12.8 Å². The van der Waals surface area contributed by atoms with Gasteiger partial charge in [-0.05, 0) is 18.8 Å². The first kappa shape index (κ1) is 13.2. The molecule has 0 aromatic carbocycles. The smallest absolute Gasteiger partial charge is 0.243 e. The van der Waals surface area contributed by atoms with E-state index in [4.69, 9.17) is 10.5 Å². The minimum atomic E-state index is -3.56. The number of aromatic nitrogens is 2. The summed E-state index contributed by atoms with van der Waals surface area (Å²) < 4.78 is 31.7. The number of sulfonamides is 1. The van der Waals surface area contributed by atoms with Crippen molar-refractivity contribution in [2.45, 2.75) is 17.7 Å². The van der Waals surface area contributed by atoms with Crippen LogP contribution in [-0.4, -0.2) is 38.1 Å². The van der Waals surface area contributed by atoms with Gasteiger partial charge in [0.05, 0.1) is 19.0 Å². The highest BCUT2D eigenvalue weighted by Crippen LogP contribution is 2.13. The highest BCUT2D eigenvalue weighted by molar-refractivity contribution is 7.89. The third-order valence-electron chi connectivity index (χ3n) is 2.78. The van der Waals surface area contributed by atoms with Crippen LogP contribution in [0, 0.1) is 5.92 Å². The average molecular weight is 272 g/mol. The summed E-state index contributed by atoms with van der Waals surface area (Å²) in [5, 5.41) is 0. The molecule has 1 saturated heterocycles. The number of nitrogens with two attached hydrogens (primary N) is 1. The molecule has 7 nitrogen and oxygen atoms in total. The van der Waals surface area contributed by atoms with E-state index < -0.39 is 10.0 Å². The molecule has 1 aliphatic rings. The zero-order valence-electron chi connectivity index (χ0n) is 9.87. The molecule has 0 aliphatic carbocycles. The van der Waals surface area contributed by atoms with E-state index >= 15 is 0 Å². The highest BCUT2D eigenvalue weighted by Gasteiger charge is 2.19. The van der Waals surface area contributed by atoms with Crippen LogP contribution in [0.15, 0.2) is 17.3 Å². The Morgan fingerprint density at radius 1 is 1.44 bits per heavy atom. The lowest BCUT2D eigenvalue weighted by molar-refractivity contribution is 0.0568. The standard InChI is InChI=1S/C10H16N4O3S/c11-10-12-5-9(6-13-10)18(15,16)14-4-8-2-1-3-17-7-8/h5-6,8,14H,1-4,7H2,(H2,11,12,13). The SMILES string of the molecule is Nc1ncc(S(=O)(=O)NCC2CCCOC2)cn1. The van der Waals surface area contributed by atoms with Gasteiger partial charge in [-0.1, -0.05) is 0 Å². The van der Waals surface area contributed by atoms with Crippen LogP contribution in [0.3, 0.4) is 0 Å². The van der Waals surface area contributed by atoms with E-state index in [0.717, 1.165) is 19.4 Å². The summed E-state index contributed by atoms with van der Waals surface area (Å²) in [6, 6.07) is 0. The van der Waals surface area contributed by atoms with Gasteiger partial charge in [0.2, 0.25) is 16.0 Å². The van der Waals surface area contributed by atoms with Crippen LogP contribution in [0.5, 0.6) is 0 Å². The Morgan fingerprint density at radius 3 is 2.78 bits per heavy atom. The van der Waals surface area contributed by atoms with E-state index in [2.05, 4.69) is 14.7 Å². The van der Waals surface area contributed by atoms with Gasteiger partial charge in [-0.15, -0.1) is 0 Å². The van der Waals surface area contributed by atoms with Crippen molar-refractivity contribution in [1.29, 1.82) is 0 Å². The molecule has 1 fully saturated rings. The average Bonchev–Trinajstić information content (AvgIpc) is 2.38. The second kappa shape index (κ2) is 5.59. The van der Waals surface area contributed by atoms with Gasteiger partial charge < -0.3 is 10.5 Å². The van der Waals surface area contributed by atoms with Gasteiger partial charge in [-0.3, -0.25) is 0 Å². The van der Waals surface area contributed by atoms with Crippen LogP contribution >= 0.6 is 0 Å². The molecule has 2 rings (SSSR count). The Bertz CT molecular complexity index is 482. The topological polar surface area (TPSA) is 107 Å². The van der Waals surface area contributed by atoms with E-state index in [1.807, 2.05) is 0 Å². The fourth-order valence-electron chi connectivity index (χ4n) is 1.74. The van der Waals surface area contributed by atoms with Crippen molar-refractivity contribution < 1.29 is 13.2 Å². The summed E-state index contributed by atoms with van der Waals surface area (Å²) in [7, 11) is -3.56. The lowest BCUT2D eigenvalue weighted by Crippen LogP contribution is -2.33. The van der Waals surface area contributed by atoms with Crippen LogP contribution in [0.25, 0.3) is 0 Å². The van der Waals surface area contributed by atoms with Gasteiger partial charge >= 0.3 is 0 Å². The summed E-state index contributed by atoms with van der Waals surface area (Å²) in [4.78, 5) is 7.35. The summed E-state index contributed by atoms with van der Waals surface area (Å²) in [5.74, 6) is 0.276. The third-order valence-corrected chi connectivity index (χ3v) is 4.15. The molecule has 1 atom stereocenters. The van der Waals surface area contributed by atoms with E-state index in [1.165, 1.54) is 12.4 Å². The maximum absolute atomic E-state index is 11.9. The molecule has 0 radical (unpaired) electrons. The number of nitrogens with one attached hydrogen (secondary N) is 1. The Morgan fingerprint density at radius 2 is 2.17 bits per heavy atom. The van der Waals surface area contributed by atoms with Crippen molar-refractivity contribution in [3.05, 3.63) is 12.4 Å². The van der Waals surface area contributed by atoms with E-state index in [-0.39, 0.29) is 16.8 Å². The minimum absolute atomic E-state index is 0.0217. The largest absolute Gasteiger partial charge is 0.381 e. The Kier molecular flexibility index (Phi) is 4.10. The van der Waals surface area contributed by atoms with Gasteiger partial charge in [0.15, 0.2) is 0 Å². The lowest BCUT2D eigenvalue weighted by Gasteiger charge is -2.22. The summed E-state index contributed by atoms with van der Waals surface area (Å²) in [6.07, 6.45) is 4.34. The molecule has 0 saturated carbocycles. The molecule has 1 unspecified atom stereocenters. The molecule has 1 aromatic heterocycles. The Labute approximate surface area is 106 Å². The third kappa shape index (κ3) is 3.37. The number of hydrogen-bond acceptors (Lipinski definition) is 6. The van der Waals surface area contributed by atoms with Crippen molar-refractivity contribution in [3.8, 4) is 0 Å². The summed E-state index contributed by atoms with van der Waals surface area (Å²) in [6.45, 7) is 1.72. The molecule has 1 aromatic rings. The first-order chi connectivity index (χ1) is 8.58. The molecule has 0 amide bonds. The molecule has 3 N–H and O–H groups in total. The first-order valence-corrected chi connectivity index (χ1v) is 7.21. The highest BCUT2D eigenvalue weighted by atomic mass is 32.2. The van der Waals surface area contributed by atoms with Crippen molar-refractivity contribution in [3.63, 3.8) is 0 Å². The van der Waals surface area contributed by atoms with Crippen molar-refractivity contribution in [2.24, 2.45) is 5.92 Å². The number of ether oxygens (including phenoxy) is 1. The Hall–Kier alpha value is -1.25. The Balaban J connectivity index is 1.96. The number of rotatable bonds is 4. The fourth-order valence-corrected chi connectivity index (χ4v) is 2.75. The van der Waals surface area contributed by atoms with E-state index in [0.29, 0.717) is 13.2 Å². The van der Waals surface area contributed by atoms with Crippen LogP contribution < -0.4 is 10.5 Å². The lowest BCUT2D eigenvalue weighted by atomic mass is 10.0.